The molecule has 0 atom stereocenters. The van der Waals surface area contributed by atoms with E-state index in [1.165, 1.54) is 23.1 Å². The Balaban J connectivity index is 1.84. The van der Waals surface area contributed by atoms with E-state index in [0.717, 1.165) is 10.3 Å². The lowest BCUT2D eigenvalue weighted by Gasteiger charge is -2.19. The van der Waals surface area contributed by atoms with E-state index >= 15 is 0 Å². The summed E-state index contributed by atoms with van der Waals surface area (Å²) in [7, 11) is 4.78. The number of carbonyl (C=O) groups excluding carboxylic acids is 1. The number of hydrogen-bond acceptors (Lipinski definition) is 7. The Labute approximate surface area is 181 Å². The number of methoxy groups -OCH3 is 2. The first kappa shape index (κ1) is 20.1. The van der Waals surface area contributed by atoms with Gasteiger partial charge in [0.1, 0.15) is 16.8 Å². The molecule has 0 spiro atoms. The molecule has 0 N–H and O–H groups in total. The molecule has 10 heteroatoms. The summed E-state index contributed by atoms with van der Waals surface area (Å²) in [4.78, 5) is 23.9. The van der Waals surface area contributed by atoms with Crippen LogP contribution in [0.25, 0.3) is 10.2 Å². The van der Waals surface area contributed by atoms with Gasteiger partial charge in [0.05, 0.1) is 30.5 Å². The Morgan fingerprint density at radius 3 is 2.80 bits per heavy atom. The minimum atomic E-state index is -0.294. The second kappa shape index (κ2) is 8.29. The molecule has 8 nitrogen and oxygen atoms in total. The third-order valence-electron chi connectivity index (χ3n) is 4.43. The van der Waals surface area contributed by atoms with Gasteiger partial charge in [0.15, 0.2) is 5.13 Å². The van der Waals surface area contributed by atoms with E-state index in [0.29, 0.717) is 27.0 Å². The van der Waals surface area contributed by atoms with Crippen LogP contribution in [0.1, 0.15) is 15.9 Å². The number of nitrogens with zero attached hydrogens (tertiary/aromatic N) is 5. The maximum atomic E-state index is 13.5. The fourth-order valence-corrected chi connectivity index (χ4v) is 4.29. The van der Waals surface area contributed by atoms with Crippen molar-refractivity contribution >= 4 is 44.2 Å². The van der Waals surface area contributed by atoms with Crippen LogP contribution in [0, 0.1) is 0 Å². The number of carbonyl (C=O) groups is 1. The largest absolute Gasteiger partial charge is 0.494 e. The summed E-state index contributed by atoms with van der Waals surface area (Å²) in [5, 5.41) is 5.22. The highest BCUT2D eigenvalue weighted by molar-refractivity contribution is 7.23. The van der Waals surface area contributed by atoms with E-state index in [4.69, 9.17) is 21.1 Å². The molecule has 0 fully saturated rings. The molecule has 154 valence electrons. The van der Waals surface area contributed by atoms with Crippen molar-refractivity contribution in [2.75, 3.05) is 19.1 Å². The van der Waals surface area contributed by atoms with E-state index < -0.39 is 0 Å². The van der Waals surface area contributed by atoms with Crippen molar-refractivity contribution < 1.29 is 14.3 Å². The van der Waals surface area contributed by atoms with Crippen molar-refractivity contribution in [3.63, 3.8) is 0 Å². The van der Waals surface area contributed by atoms with Crippen molar-refractivity contribution in [2.45, 2.75) is 6.54 Å². The summed E-state index contributed by atoms with van der Waals surface area (Å²) in [6, 6.07) is 7.23. The van der Waals surface area contributed by atoms with Gasteiger partial charge >= 0.3 is 0 Å². The van der Waals surface area contributed by atoms with Gasteiger partial charge in [-0.2, -0.15) is 0 Å². The number of amides is 1. The van der Waals surface area contributed by atoms with Crippen molar-refractivity contribution in [1.82, 2.24) is 19.7 Å². The average Bonchev–Trinajstić information content (AvgIpc) is 3.37. The molecule has 0 aliphatic heterocycles. The number of anilines is 1. The van der Waals surface area contributed by atoms with Crippen LogP contribution in [0.4, 0.5) is 5.13 Å². The number of thiazole rings is 1. The molecule has 0 bridgehead atoms. The molecule has 0 saturated carbocycles. The standard InChI is InChI=1S/C20H18ClN5O3S/c1-25-11-13(18(24-25)29-3)19(27)26(10-12-5-4-8-22-9-12)20-23-16-15(28-2)7-6-14(21)17(16)30-20/h4-9,11H,10H2,1-3H3. The highest BCUT2D eigenvalue weighted by Gasteiger charge is 2.27. The second-order valence-corrected chi connectivity index (χ2v) is 7.79. The monoisotopic (exact) mass is 443 g/mol. The van der Waals surface area contributed by atoms with Crippen LogP contribution in [0.2, 0.25) is 5.02 Å². The van der Waals surface area contributed by atoms with Crippen LogP contribution >= 0.6 is 22.9 Å². The molecule has 0 aliphatic carbocycles. The summed E-state index contributed by atoms with van der Waals surface area (Å²) < 4.78 is 13.0. The maximum Gasteiger partial charge on any atom is 0.267 e. The van der Waals surface area contributed by atoms with Crippen LogP contribution in [0.5, 0.6) is 11.6 Å². The molecule has 0 saturated heterocycles. The highest BCUT2D eigenvalue weighted by atomic mass is 35.5. The summed E-state index contributed by atoms with van der Waals surface area (Å²) in [5.41, 5.74) is 1.79. The summed E-state index contributed by atoms with van der Waals surface area (Å²) >= 11 is 7.70. The van der Waals surface area contributed by atoms with Gasteiger partial charge in [-0.3, -0.25) is 19.4 Å². The minimum Gasteiger partial charge on any atom is -0.494 e. The number of hydrogen-bond donors (Lipinski definition) is 0. The third kappa shape index (κ3) is 3.69. The highest BCUT2D eigenvalue weighted by Crippen LogP contribution is 2.39. The topological polar surface area (TPSA) is 82.4 Å². The molecule has 1 aromatic carbocycles. The molecule has 3 aromatic heterocycles. The Hall–Kier alpha value is -3.17. The molecule has 3 heterocycles. The zero-order chi connectivity index (χ0) is 21.3. The van der Waals surface area contributed by atoms with Crippen molar-refractivity contribution in [2.24, 2.45) is 7.05 Å². The lowest BCUT2D eigenvalue weighted by molar-refractivity contribution is 0.0982. The minimum absolute atomic E-state index is 0.246. The van der Waals surface area contributed by atoms with Gasteiger partial charge < -0.3 is 9.47 Å². The predicted molar refractivity (Wildman–Crippen MR) is 116 cm³/mol. The van der Waals surface area contributed by atoms with Gasteiger partial charge in [-0.25, -0.2) is 4.98 Å². The molecule has 0 radical (unpaired) electrons. The van der Waals surface area contributed by atoms with Crippen LogP contribution in [-0.4, -0.2) is 39.9 Å². The first-order chi connectivity index (χ1) is 14.5. The number of pyridine rings is 1. The van der Waals surface area contributed by atoms with Crippen molar-refractivity contribution in [3.05, 3.63) is 59.0 Å². The zero-order valence-corrected chi connectivity index (χ0v) is 18.1. The summed E-state index contributed by atoms with van der Waals surface area (Å²) in [5.74, 6) is 0.540. The molecule has 0 unspecified atom stereocenters. The van der Waals surface area contributed by atoms with E-state index in [-0.39, 0.29) is 18.3 Å². The van der Waals surface area contributed by atoms with Crippen molar-refractivity contribution in [3.8, 4) is 11.6 Å². The smallest absolute Gasteiger partial charge is 0.267 e. The summed E-state index contributed by atoms with van der Waals surface area (Å²) in [6.07, 6.45) is 5.02. The van der Waals surface area contributed by atoms with E-state index in [2.05, 4.69) is 15.1 Å². The molecule has 4 rings (SSSR count). The molecule has 4 aromatic rings. The number of benzene rings is 1. The fraction of sp³-hybridized carbons (Fsp3) is 0.200. The third-order valence-corrected chi connectivity index (χ3v) is 5.96. The Kier molecular flexibility index (Phi) is 5.56. The Bertz CT molecular complexity index is 1210. The quantitative estimate of drug-likeness (QED) is 0.449. The number of aromatic nitrogens is 4. The van der Waals surface area contributed by atoms with Gasteiger partial charge in [0, 0.05) is 25.6 Å². The Morgan fingerprint density at radius 2 is 2.10 bits per heavy atom. The predicted octanol–water partition coefficient (Wildman–Crippen LogP) is 3.94. The first-order valence-electron chi connectivity index (χ1n) is 8.93. The Morgan fingerprint density at radius 1 is 1.27 bits per heavy atom. The van der Waals surface area contributed by atoms with Gasteiger partial charge in [-0.1, -0.05) is 29.0 Å². The van der Waals surface area contributed by atoms with Crippen LogP contribution < -0.4 is 14.4 Å². The van der Waals surface area contributed by atoms with Gasteiger partial charge in [0.2, 0.25) is 5.88 Å². The van der Waals surface area contributed by atoms with Gasteiger partial charge in [0.25, 0.3) is 5.91 Å². The molecule has 1 amide bonds. The normalized spacial score (nSPS) is 10.9. The van der Waals surface area contributed by atoms with Crippen molar-refractivity contribution in [1.29, 1.82) is 0 Å². The average molecular weight is 444 g/mol. The summed E-state index contributed by atoms with van der Waals surface area (Å²) in [6.45, 7) is 0.268. The first-order valence-corrected chi connectivity index (χ1v) is 10.1. The number of rotatable bonds is 6. The number of aryl methyl sites for hydroxylation is 1. The number of halogens is 1. The van der Waals surface area contributed by atoms with Gasteiger partial charge in [-0.15, -0.1) is 5.10 Å². The fourth-order valence-electron chi connectivity index (χ4n) is 3.03. The lowest BCUT2D eigenvalue weighted by atomic mass is 10.2. The number of ether oxygens (including phenoxy) is 2. The SMILES string of the molecule is COc1nn(C)cc1C(=O)N(Cc1cccnc1)c1nc2c(OC)ccc(Cl)c2s1. The molecular weight excluding hydrogens is 426 g/mol. The van der Waals surface area contributed by atoms with Crippen LogP contribution in [-0.2, 0) is 13.6 Å². The maximum absolute atomic E-state index is 13.5. The van der Waals surface area contributed by atoms with E-state index in [1.807, 2.05) is 12.1 Å². The van der Waals surface area contributed by atoms with Gasteiger partial charge in [-0.05, 0) is 23.8 Å². The molecule has 30 heavy (non-hydrogen) atoms. The lowest BCUT2D eigenvalue weighted by Crippen LogP contribution is -2.30. The van der Waals surface area contributed by atoms with E-state index in [9.17, 15) is 4.79 Å². The van der Waals surface area contributed by atoms with E-state index in [1.54, 1.807) is 49.8 Å². The zero-order valence-electron chi connectivity index (χ0n) is 16.5. The number of fused-ring (bicyclic) bond motifs is 1. The van der Waals surface area contributed by atoms with Crippen LogP contribution in [0.3, 0.4) is 0 Å². The second-order valence-electron chi connectivity index (χ2n) is 6.40. The van der Waals surface area contributed by atoms with Crippen LogP contribution in [0.15, 0.2) is 42.9 Å². The molecular formula is C20H18ClN5O3S. The molecule has 0 aliphatic rings.